The zero-order chi connectivity index (χ0) is 11.5. The van der Waals surface area contributed by atoms with Crippen molar-refractivity contribution in [2.45, 2.75) is 12.5 Å². The van der Waals surface area contributed by atoms with E-state index >= 15 is 0 Å². The Hall–Kier alpha value is -1.91. The molecule has 16 heavy (non-hydrogen) atoms. The predicted octanol–water partition coefficient (Wildman–Crippen LogP) is 1.78. The Balaban J connectivity index is 2.11. The predicted molar refractivity (Wildman–Crippen MR) is 55.7 cm³/mol. The van der Waals surface area contributed by atoms with E-state index in [0.29, 0.717) is 6.42 Å². The Bertz CT molecular complexity index is 417. The highest BCUT2D eigenvalue weighted by Gasteiger charge is 2.21. The van der Waals surface area contributed by atoms with Crippen LogP contribution < -0.4 is 10.6 Å². The van der Waals surface area contributed by atoms with E-state index in [2.05, 4.69) is 10.6 Å². The van der Waals surface area contributed by atoms with Crippen LogP contribution in [0.2, 0.25) is 0 Å². The summed E-state index contributed by atoms with van der Waals surface area (Å²) in [5.41, 5.74) is -0.402. The quantitative estimate of drug-likeness (QED) is 0.804. The fraction of sp³-hybridized carbons (Fsp3) is 0.182. The van der Waals surface area contributed by atoms with Gasteiger partial charge in [0.1, 0.15) is 23.4 Å². The molecule has 1 heterocycles. The zero-order valence-electron chi connectivity index (χ0n) is 8.34. The highest BCUT2D eigenvalue weighted by molar-refractivity contribution is 5.95. The molecule has 2 N–H and O–H groups in total. The first-order valence-corrected chi connectivity index (χ1v) is 4.84. The summed E-state index contributed by atoms with van der Waals surface area (Å²) in [6, 6.07) is 2.98. The van der Waals surface area contributed by atoms with Crippen LogP contribution in [0.15, 0.2) is 30.5 Å². The van der Waals surface area contributed by atoms with Crippen molar-refractivity contribution in [3.05, 3.63) is 42.1 Å². The number of nitrogens with one attached hydrogen (secondary N) is 2. The van der Waals surface area contributed by atoms with Crippen LogP contribution >= 0.6 is 0 Å². The van der Waals surface area contributed by atoms with Crippen LogP contribution in [-0.2, 0) is 4.79 Å². The van der Waals surface area contributed by atoms with E-state index in [1.807, 2.05) is 0 Å². The highest BCUT2D eigenvalue weighted by Crippen LogP contribution is 2.18. The second-order valence-electron chi connectivity index (χ2n) is 3.44. The second-order valence-corrected chi connectivity index (χ2v) is 3.44. The van der Waals surface area contributed by atoms with Crippen molar-refractivity contribution in [3.63, 3.8) is 0 Å². The molecule has 84 valence electrons. The van der Waals surface area contributed by atoms with Crippen molar-refractivity contribution >= 4 is 11.6 Å². The third kappa shape index (κ3) is 2.03. The molecule has 0 spiro atoms. The molecule has 1 aliphatic heterocycles. The van der Waals surface area contributed by atoms with E-state index in [0.717, 1.165) is 12.1 Å². The fourth-order valence-corrected chi connectivity index (χ4v) is 1.47. The van der Waals surface area contributed by atoms with E-state index in [-0.39, 0.29) is 0 Å². The van der Waals surface area contributed by atoms with Crippen molar-refractivity contribution in [3.8, 4) is 0 Å². The average Bonchev–Trinajstić information content (AvgIpc) is 2.76. The molecule has 0 unspecified atom stereocenters. The Morgan fingerprint density at radius 3 is 2.62 bits per heavy atom. The van der Waals surface area contributed by atoms with Crippen LogP contribution in [0.25, 0.3) is 0 Å². The lowest BCUT2D eigenvalue weighted by Crippen LogP contribution is -2.35. The molecule has 0 bridgehead atoms. The molecule has 0 aliphatic carbocycles. The molecular weight excluding hydrogens is 214 g/mol. The lowest BCUT2D eigenvalue weighted by Gasteiger charge is -2.12. The van der Waals surface area contributed by atoms with Crippen molar-refractivity contribution in [1.82, 2.24) is 5.32 Å². The number of anilines is 1. The molecule has 0 fully saturated rings. The maximum atomic E-state index is 13.2. The lowest BCUT2D eigenvalue weighted by molar-refractivity contribution is -0.117. The lowest BCUT2D eigenvalue weighted by atomic mass is 10.2. The summed E-state index contributed by atoms with van der Waals surface area (Å²) in [5.74, 6) is -2.01. The molecule has 2 rings (SSSR count). The number of rotatable bonds is 2. The van der Waals surface area contributed by atoms with Gasteiger partial charge in [0.05, 0.1) is 0 Å². The zero-order valence-corrected chi connectivity index (χ0v) is 8.34. The molecule has 0 saturated carbocycles. The minimum absolute atomic E-state index is 0.402. The van der Waals surface area contributed by atoms with E-state index in [1.165, 1.54) is 6.07 Å². The minimum Gasteiger partial charge on any atom is -0.380 e. The highest BCUT2D eigenvalue weighted by atomic mass is 19.1. The molecule has 0 saturated heterocycles. The van der Waals surface area contributed by atoms with Gasteiger partial charge >= 0.3 is 0 Å². The summed E-state index contributed by atoms with van der Waals surface area (Å²) in [4.78, 5) is 11.6. The second kappa shape index (κ2) is 4.30. The Morgan fingerprint density at radius 1 is 1.38 bits per heavy atom. The van der Waals surface area contributed by atoms with Gasteiger partial charge in [-0.15, -0.1) is 0 Å². The normalized spacial score (nSPS) is 18.2. The molecule has 5 heteroatoms. The monoisotopic (exact) mass is 224 g/mol. The third-order valence-electron chi connectivity index (χ3n) is 2.31. The van der Waals surface area contributed by atoms with Gasteiger partial charge in [-0.05, 0) is 24.8 Å². The molecule has 1 aromatic carbocycles. The van der Waals surface area contributed by atoms with Gasteiger partial charge in [0.2, 0.25) is 5.91 Å². The topological polar surface area (TPSA) is 41.1 Å². The molecule has 1 aromatic rings. The van der Waals surface area contributed by atoms with Gasteiger partial charge in [0, 0.05) is 0 Å². The van der Waals surface area contributed by atoms with E-state index in [4.69, 9.17) is 0 Å². The molecule has 3 nitrogen and oxygen atoms in total. The number of carbonyl (C=O) groups is 1. The Labute approximate surface area is 91.2 Å². The van der Waals surface area contributed by atoms with Crippen molar-refractivity contribution in [2.75, 3.05) is 5.32 Å². The van der Waals surface area contributed by atoms with E-state index < -0.39 is 29.3 Å². The van der Waals surface area contributed by atoms with Crippen LogP contribution in [0.1, 0.15) is 6.42 Å². The first-order chi connectivity index (χ1) is 7.68. The van der Waals surface area contributed by atoms with E-state index in [1.54, 1.807) is 12.3 Å². The number of halogens is 2. The van der Waals surface area contributed by atoms with Crippen molar-refractivity contribution in [1.29, 1.82) is 0 Å². The van der Waals surface area contributed by atoms with Crippen LogP contribution in [0.3, 0.4) is 0 Å². The summed E-state index contributed by atoms with van der Waals surface area (Å²) in [6.07, 6.45) is 3.94. The van der Waals surface area contributed by atoms with Gasteiger partial charge in [-0.3, -0.25) is 4.79 Å². The van der Waals surface area contributed by atoms with E-state index in [9.17, 15) is 13.6 Å². The van der Waals surface area contributed by atoms with Gasteiger partial charge in [-0.2, -0.15) is 0 Å². The fourth-order valence-electron chi connectivity index (χ4n) is 1.47. The van der Waals surface area contributed by atoms with Gasteiger partial charge in [-0.25, -0.2) is 8.78 Å². The molecular formula is C11H10F2N2O. The third-order valence-corrected chi connectivity index (χ3v) is 2.31. The molecule has 1 atom stereocenters. The number of benzene rings is 1. The first kappa shape index (κ1) is 10.6. The smallest absolute Gasteiger partial charge is 0.247 e. The molecule has 0 aromatic heterocycles. The average molecular weight is 224 g/mol. The minimum atomic E-state index is -0.778. The van der Waals surface area contributed by atoms with Crippen molar-refractivity contribution < 1.29 is 13.6 Å². The molecule has 1 aliphatic rings. The Morgan fingerprint density at radius 2 is 2.06 bits per heavy atom. The number of amides is 1. The van der Waals surface area contributed by atoms with Crippen LogP contribution in [0, 0.1) is 11.6 Å². The number of hydrogen-bond donors (Lipinski definition) is 2. The summed E-state index contributed by atoms with van der Waals surface area (Å²) >= 11 is 0. The van der Waals surface area contributed by atoms with Gasteiger partial charge in [-0.1, -0.05) is 12.1 Å². The standard InChI is InChI=1S/C11H10F2N2O/c12-7-3-1-4-8(13)10(7)15-11(16)9-5-2-6-14-9/h1-4,6,9,14H,5H2,(H,15,16)/t9-/m0/s1. The largest absolute Gasteiger partial charge is 0.380 e. The molecule has 1 amide bonds. The van der Waals surface area contributed by atoms with Crippen LogP contribution in [0.4, 0.5) is 14.5 Å². The number of para-hydroxylation sites is 1. The van der Waals surface area contributed by atoms with Gasteiger partial charge < -0.3 is 10.6 Å². The van der Waals surface area contributed by atoms with Gasteiger partial charge in [0.25, 0.3) is 0 Å². The number of carbonyl (C=O) groups excluding carboxylic acids is 1. The van der Waals surface area contributed by atoms with Crippen LogP contribution in [0.5, 0.6) is 0 Å². The summed E-state index contributed by atoms with van der Waals surface area (Å²) in [6.45, 7) is 0. The first-order valence-electron chi connectivity index (χ1n) is 4.84. The SMILES string of the molecule is O=C(Nc1c(F)cccc1F)[C@@H]1CC=CN1. The van der Waals surface area contributed by atoms with Crippen LogP contribution in [-0.4, -0.2) is 11.9 Å². The molecule has 0 radical (unpaired) electrons. The Kier molecular flexibility index (Phi) is 2.85. The number of hydrogen-bond acceptors (Lipinski definition) is 2. The maximum Gasteiger partial charge on any atom is 0.247 e. The summed E-state index contributed by atoms with van der Waals surface area (Å²) < 4.78 is 26.4. The maximum absolute atomic E-state index is 13.2. The summed E-state index contributed by atoms with van der Waals surface area (Å²) in [5, 5.41) is 5.01. The summed E-state index contributed by atoms with van der Waals surface area (Å²) in [7, 11) is 0. The van der Waals surface area contributed by atoms with Crippen molar-refractivity contribution in [2.24, 2.45) is 0 Å². The van der Waals surface area contributed by atoms with Gasteiger partial charge in [0.15, 0.2) is 0 Å².